The van der Waals surface area contributed by atoms with Crippen LogP contribution in [0.1, 0.15) is 12.0 Å². The van der Waals surface area contributed by atoms with Gasteiger partial charge in [-0.15, -0.1) is 5.10 Å². The van der Waals surface area contributed by atoms with Crippen molar-refractivity contribution >= 4 is 10.0 Å². The number of hydrogen-bond donors (Lipinski definition) is 1. The van der Waals surface area contributed by atoms with Gasteiger partial charge >= 0.3 is 0 Å². The second-order valence-corrected chi connectivity index (χ2v) is 6.16. The number of aromatic nitrogens is 3. The Hall–Kier alpha value is -2.24. The van der Waals surface area contributed by atoms with Crippen molar-refractivity contribution in [3.8, 4) is 6.07 Å². The molecule has 1 heterocycles. The monoisotopic (exact) mass is 305 g/mol. The zero-order valence-corrected chi connectivity index (χ0v) is 12.1. The maximum atomic E-state index is 12.1. The molecule has 0 bridgehead atoms. The Morgan fingerprint density at radius 2 is 2.05 bits per heavy atom. The Bertz CT molecular complexity index is 702. The van der Waals surface area contributed by atoms with Gasteiger partial charge in [-0.3, -0.25) is 4.68 Å². The van der Waals surface area contributed by atoms with Gasteiger partial charge in [-0.25, -0.2) is 13.1 Å². The largest absolute Gasteiger partial charge is 0.253 e. The fourth-order valence-electron chi connectivity index (χ4n) is 1.76. The summed E-state index contributed by atoms with van der Waals surface area (Å²) in [5.74, 6) is 0. The summed E-state index contributed by atoms with van der Waals surface area (Å²) in [4.78, 5) is 0.199. The van der Waals surface area contributed by atoms with E-state index >= 15 is 0 Å². The van der Waals surface area contributed by atoms with Crippen molar-refractivity contribution in [1.29, 1.82) is 5.26 Å². The van der Waals surface area contributed by atoms with Crippen molar-refractivity contribution < 1.29 is 8.42 Å². The van der Waals surface area contributed by atoms with E-state index in [0.717, 1.165) is 5.56 Å². The summed E-state index contributed by atoms with van der Waals surface area (Å²) in [5, 5.41) is 16.0. The number of nitriles is 1. The van der Waals surface area contributed by atoms with Crippen molar-refractivity contribution in [1.82, 2.24) is 19.7 Å². The van der Waals surface area contributed by atoms with Crippen LogP contribution in [0, 0.1) is 11.3 Å². The number of aryl methyl sites for hydroxylation is 1. The molecule has 0 fully saturated rings. The molecule has 0 aliphatic rings. The Morgan fingerprint density at radius 3 is 2.67 bits per heavy atom. The lowest BCUT2D eigenvalue weighted by molar-refractivity contribution is 0.542. The van der Waals surface area contributed by atoms with Crippen LogP contribution in [-0.4, -0.2) is 30.0 Å². The number of benzene rings is 1. The lowest BCUT2D eigenvalue weighted by Crippen LogP contribution is -2.25. The third-order valence-electron chi connectivity index (χ3n) is 2.84. The molecule has 0 saturated heterocycles. The van der Waals surface area contributed by atoms with Crippen LogP contribution in [0.25, 0.3) is 0 Å². The standard InChI is InChI=1S/C13H15N5O2S/c14-7-6-12-2-4-13(5-3-12)21(19,20)16-8-1-10-18-11-9-15-17-18/h2-5,9,11,16H,1,6,8,10H2. The van der Waals surface area contributed by atoms with Crippen LogP contribution < -0.4 is 4.72 Å². The quantitative estimate of drug-likeness (QED) is 0.759. The summed E-state index contributed by atoms with van der Waals surface area (Å²) in [6, 6.07) is 8.32. The Labute approximate surface area is 123 Å². The lowest BCUT2D eigenvalue weighted by atomic mass is 10.2. The van der Waals surface area contributed by atoms with Gasteiger partial charge in [0.25, 0.3) is 0 Å². The van der Waals surface area contributed by atoms with Crippen LogP contribution in [0.4, 0.5) is 0 Å². The minimum absolute atomic E-state index is 0.199. The van der Waals surface area contributed by atoms with Crippen LogP contribution in [0.5, 0.6) is 0 Å². The first-order chi connectivity index (χ1) is 10.1. The molecule has 2 aromatic rings. The van der Waals surface area contributed by atoms with Crippen molar-refractivity contribution in [2.75, 3.05) is 6.54 Å². The molecule has 0 amide bonds. The van der Waals surface area contributed by atoms with Gasteiger partial charge in [0.05, 0.1) is 23.6 Å². The molecule has 0 radical (unpaired) electrons. The molecule has 7 nitrogen and oxygen atoms in total. The Morgan fingerprint density at radius 1 is 1.29 bits per heavy atom. The first kappa shape index (κ1) is 15.2. The number of nitrogens with zero attached hydrogens (tertiary/aromatic N) is 4. The van der Waals surface area contributed by atoms with E-state index in [0.29, 0.717) is 19.5 Å². The predicted octanol–water partition coefficient (Wildman–Crippen LogP) is 0.713. The van der Waals surface area contributed by atoms with Crippen LogP contribution in [0.3, 0.4) is 0 Å². The topological polar surface area (TPSA) is 101 Å². The van der Waals surface area contributed by atoms with Gasteiger partial charge in [0.15, 0.2) is 0 Å². The molecular weight excluding hydrogens is 290 g/mol. The third kappa shape index (κ3) is 4.37. The molecule has 0 aliphatic carbocycles. The van der Waals surface area contributed by atoms with E-state index in [9.17, 15) is 8.42 Å². The maximum Gasteiger partial charge on any atom is 0.240 e. The van der Waals surface area contributed by atoms with Crippen LogP contribution in [0.2, 0.25) is 0 Å². The van der Waals surface area contributed by atoms with E-state index in [4.69, 9.17) is 5.26 Å². The molecule has 1 aromatic carbocycles. The summed E-state index contributed by atoms with van der Waals surface area (Å²) in [6.45, 7) is 0.922. The van der Waals surface area contributed by atoms with Crippen LogP contribution in [0.15, 0.2) is 41.6 Å². The van der Waals surface area contributed by atoms with Gasteiger partial charge in [0.2, 0.25) is 10.0 Å². The zero-order chi connectivity index (χ0) is 15.1. The minimum atomic E-state index is -3.51. The molecule has 1 aromatic heterocycles. The molecular formula is C13H15N5O2S. The van der Waals surface area contributed by atoms with E-state index in [1.807, 2.05) is 6.07 Å². The Kier molecular flexibility index (Phi) is 5.03. The lowest BCUT2D eigenvalue weighted by Gasteiger charge is -2.07. The van der Waals surface area contributed by atoms with Crippen LogP contribution in [-0.2, 0) is 23.0 Å². The summed E-state index contributed by atoms with van der Waals surface area (Å²) in [6.07, 6.45) is 4.19. The number of hydrogen-bond acceptors (Lipinski definition) is 5. The van der Waals surface area contributed by atoms with E-state index in [-0.39, 0.29) is 11.3 Å². The molecule has 0 unspecified atom stereocenters. The highest BCUT2D eigenvalue weighted by molar-refractivity contribution is 7.89. The maximum absolute atomic E-state index is 12.1. The zero-order valence-electron chi connectivity index (χ0n) is 11.3. The fourth-order valence-corrected chi connectivity index (χ4v) is 2.83. The smallest absolute Gasteiger partial charge is 0.240 e. The first-order valence-corrected chi connectivity index (χ1v) is 7.90. The highest BCUT2D eigenvalue weighted by atomic mass is 32.2. The van der Waals surface area contributed by atoms with Crippen molar-refractivity contribution in [2.24, 2.45) is 0 Å². The van der Waals surface area contributed by atoms with Crippen LogP contribution >= 0.6 is 0 Å². The average molecular weight is 305 g/mol. The molecule has 0 saturated carbocycles. The van der Waals surface area contributed by atoms with Crippen molar-refractivity contribution in [3.05, 3.63) is 42.2 Å². The van der Waals surface area contributed by atoms with Crippen molar-refractivity contribution in [3.63, 3.8) is 0 Å². The van der Waals surface area contributed by atoms with Gasteiger partial charge < -0.3 is 0 Å². The summed E-state index contributed by atoms with van der Waals surface area (Å²) in [7, 11) is -3.51. The van der Waals surface area contributed by atoms with E-state index < -0.39 is 10.0 Å². The molecule has 2 rings (SSSR count). The molecule has 0 aliphatic heterocycles. The molecule has 110 valence electrons. The number of nitrogens with one attached hydrogen (secondary N) is 1. The third-order valence-corrected chi connectivity index (χ3v) is 4.32. The second kappa shape index (κ2) is 6.97. The molecule has 21 heavy (non-hydrogen) atoms. The average Bonchev–Trinajstić information content (AvgIpc) is 2.98. The van der Waals surface area contributed by atoms with Gasteiger partial charge in [0, 0.05) is 19.3 Å². The molecule has 1 N–H and O–H groups in total. The molecule has 0 spiro atoms. The normalized spacial score (nSPS) is 11.2. The fraction of sp³-hybridized carbons (Fsp3) is 0.308. The van der Waals surface area contributed by atoms with Gasteiger partial charge in [-0.1, -0.05) is 17.3 Å². The van der Waals surface area contributed by atoms with Gasteiger partial charge in [-0.2, -0.15) is 5.26 Å². The predicted molar refractivity (Wildman–Crippen MR) is 75.6 cm³/mol. The SMILES string of the molecule is N#CCc1ccc(S(=O)(=O)NCCCn2ccnn2)cc1. The Balaban J connectivity index is 1.87. The second-order valence-electron chi connectivity index (χ2n) is 4.40. The highest BCUT2D eigenvalue weighted by Crippen LogP contribution is 2.10. The molecule has 0 atom stereocenters. The van der Waals surface area contributed by atoms with E-state index in [1.165, 1.54) is 12.1 Å². The first-order valence-electron chi connectivity index (χ1n) is 6.41. The van der Waals surface area contributed by atoms with E-state index in [1.54, 1.807) is 29.2 Å². The number of rotatable bonds is 7. The minimum Gasteiger partial charge on any atom is -0.253 e. The molecule has 8 heteroatoms. The van der Waals surface area contributed by atoms with Gasteiger partial charge in [0.1, 0.15) is 0 Å². The number of sulfonamides is 1. The van der Waals surface area contributed by atoms with Crippen molar-refractivity contribution in [2.45, 2.75) is 24.3 Å². The summed E-state index contributed by atoms with van der Waals surface area (Å²) < 4.78 is 28.3. The van der Waals surface area contributed by atoms with E-state index in [2.05, 4.69) is 15.0 Å². The summed E-state index contributed by atoms with van der Waals surface area (Å²) >= 11 is 0. The summed E-state index contributed by atoms with van der Waals surface area (Å²) in [5.41, 5.74) is 0.794. The van der Waals surface area contributed by atoms with Gasteiger partial charge in [-0.05, 0) is 24.1 Å². The highest BCUT2D eigenvalue weighted by Gasteiger charge is 2.12.